The van der Waals surface area contributed by atoms with Crippen molar-refractivity contribution < 1.29 is 14.7 Å². The van der Waals surface area contributed by atoms with Crippen LogP contribution in [0.2, 0.25) is 0 Å². The molecule has 1 heterocycles. The Balaban J connectivity index is 2.06. The molecule has 0 saturated carbocycles. The van der Waals surface area contributed by atoms with Crippen LogP contribution in [0.5, 0.6) is 5.75 Å². The number of phenols is 1. The van der Waals surface area contributed by atoms with Crippen LogP contribution < -0.4 is 0 Å². The highest BCUT2D eigenvalue weighted by molar-refractivity contribution is 9.10. The number of rotatable bonds is 3. The van der Waals surface area contributed by atoms with E-state index in [1.807, 2.05) is 6.92 Å². The van der Waals surface area contributed by atoms with Crippen molar-refractivity contribution in [1.82, 2.24) is 4.90 Å². The Morgan fingerprint density at radius 1 is 1.38 bits per heavy atom. The Morgan fingerprint density at radius 2 is 2.00 bits per heavy atom. The van der Waals surface area contributed by atoms with Gasteiger partial charge in [0.15, 0.2) is 5.78 Å². The van der Waals surface area contributed by atoms with Crippen LogP contribution >= 0.6 is 27.5 Å². The van der Waals surface area contributed by atoms with Crippen molar-refractivity contribution in [3.05, 3.63) is 27.7 Å². The molecule has 0 spiro atoms. The van der Waals surface area contributed by atoms with Gasteiger partial charge in [-0.2, -0.15) is 0 Å². The molecule has 6 heteroatoms. The number of nitrogens with zero attached hydrogens (tertiary/aromatic N) is 1. The number of Topliss-reactive ketones (excluding diaryl/α,β-unsaturated/α-hetero) is 1. The van der Waals surface area contributed by atoms with Crippen LogP contribution in [0.15, 0.2) is 16.6 Å². The standard InChI is InChI=1S/C15H17BrClNO3/c1-9-6-11(15(21)12(16)7-9)13(19)8-14(20)18-4-2-10(17)3-5-18/h6-7,10,21H,2-5,8H2,1H3. The highest BCUT2D eigenvalue weighted by Gasteiger charge is 2.24. The van der Waals surface area contributed by atoms with E-state index in [1.54, 1.807) is 17.0 Å². The molecular weight excluding hydrogens is 358 g/mol. The predicted octanol–water partition coefficient (Wildman–Crippen LogP) is 3.27. The molecule has 4 nitrogen and oxygen atoms in total. The first-order valence-corrected chi connectivity index (χ1v) is 8.05. The zero-order valence-electron chi connectivity index (χ0n) is 11.7. The number of ketones is 1. The summed E-state index contributed by atoms with van der Waals surface area (Å²) in [4.78, 5) is 26.0. The Morgan fingerprint density at radius 3 is 2.62 bits per heavy atom. The normalized spacial score (nSPS) is 16.0. The first kappa shape index (κ1) is 16.3. The van der Waals surface area contributed by atoms with Gasteiger partial charge in [-0.15, -0.1) is 11.6 Å². The minimum atomic E-state index is -0.366. The van der Waals surface area contributed by atoms with E-state index >= 15 is 0 Å². The van der Waals surface area contributed by atoms with Gasteiger partial charge in [0.1, 0.15) is 5.75 Å². The number of benzene rings is 1. The van der Waals surface area contributed by atoms with Gasteiger partial charge in [0.05, 0.1) is 16.5 Å². The molecule has 2 rings (SSSR count). The number of phenolic OH excluding ortho intramolecular Hbond substituents is 1. The van der Waals surface area contributed by atoms with Crippen molar-refractivity contribution in [2.24, 2.45) is 0 Å². The SMILES string of the molecule is Cc1cc(Br)c(O)c(C(=O)CC(=O)N2CCC(Cl)CC2)c1. The second kappa shape index (κ2) is 6.79. The van der Waals surface area contributed by atoms with Crippen LogP contribution in [0, 0.1) is 6.92 Å². The Labute approximate surface area is 137 Å². The molecule has 0 aliphatic carbocycles. The van der Waals surface area contributed by atoms with E-state index in [9.17, 15) is 14.7 Å². The number of aryl methyl sites for hydroxylation is 1. The fraction of sp³-hybridized carbons (Fsp3) is 0.467. The number of piperidine rings is 1. The monoisotopic (exact) mass is 373 g/mol. The van der Waals surface area contributed by atoms with Crippen molar-refractivity contribution >= 4 is 39.2 Å². The van der Waals surface area contributed by atoms with Gasteiger partial charge < -0.3 is 10.0 Å². The van der Waals surface area contributed by atoms with E-state index in [2.05, 4.69) is 15.9 Å². The number of carbonyl (C=O) groups is 2. The summed E-state index contributed by atoms with van der Waals surface area (Å²) in [5.41, 5.74) is 1.03. The number of halogens is 2. The van der Waals surface area contributed by atoms with E-state index < -0.39 is 0 Å². The lowest BCUT2D eigenvalue weighted by Gasteiger charge is -2.29. The summed E-state index contributed by atoms with van der Waals surface area (Å²) < 4.78 is 0.459. The van der Waals surface area contributed by atoms with Crippen LogP contribution in [-0.4, -0.2) is 40.2 Å². The van der Waals surface area contributed by atoms with Crippen LogP contribution in [0.4, 0.5) is 0 Å². The summed E-state index contributed by atoms with van der Waals surface area (Å²) in [5.74, 6) is -0.687. The molecule has 1 aliphatic heterocycles. The van der Waals surface area contributed by atoms with E-state index in [4.69, 9.17) is 11.6 Å². The average molecular weight is 375 g/mol. The molecule has 1 amide bonds. The van der Waals surface area contributed by atoms with Gasteiger partial charge in [0.2, 0.25) is 5.91 Å². The minimum absolute atomic E-state index is 0.113. The fourth-order valence-electron chi connectivity index (χ4n) is 2.39. The van der Waals surface area contributed by atoms with E-state index in [-0.39, 0.29) is 34.8 Å². The highest BCUT2D eigenvalue weighted by Crippen LogP contribution is 2.30. The van der Waals surface area contributed by atoms with Gasteiger partial charge in [-0.3, -0.25) is 9.59 Å². The number of aromatic hydroxyl groups is 1. The van der Waals surface area contributed by atoms with E-state index in [1.165, 1.54) is 0 Å². The second-order valence-electron chi connectivity index (χ2n) is 5.30. The smallest absolute Gasteiger partial charge is 0.230 e. The molecule has 0 aromatic heterocycles. The molecule has 0 atom stereocenters. The van der Waals surface area contributed by atoms with Crippen LogP contribution in [0.3, 0.4) is 0 Å². The third-order valence-electron chi connectivity index (χ3n) is 3.60. The van der Waals surface area contributed by atoms with Crippen LogP contribution in [0.25, 0.3) is 0 Å². The lowest BCUT2D eigenvalue weighted by molar-refractivity contribution is -0.131. The molecule has 1 aromatic rings. The maximum absolute atomic E-state index is 12.2. The largest absolute Gasteiger partial charge is 0.506 e. The maximum atomic E-state index is 12.2. The number of amides is 1. The number of hydrogen-bond acceptors (Lipinski definition) is 3. The molecule has 1 fully saturated rings. The highest BCUT2D eigenvalue weighted by atomic mass is 79.9. The Hall–Kier alpha value is -1.07. The maximum Gasteiger partial charge on any atom is 0.230 e. The molecule has 21 heavy (non-hydrogen) atoms. The Kier molecular flexibility index (Phi) is 5.27. The van der Waals surface area contributed by atoms with Crippen molar-refractivity contribution in [3.8, 4) is 5.75 Å². The third kappa shape index (κ3) is 3.98. The lowest BCUT2D eigenvalue weighted by Crippen LogP contribution is -2.39. The molecule has 1 aliphatic rings. The second-order valence-corrected chi connectivity index (χ2v) is 6.77. The summed E-state index contributed by atoms with van der Waals surface area (Å²) in [6, 6.07) is 3.32. The van der Waals surface area contributed by atoms with Crippen LogP contribution in [0.1, 0.15) is 35.2 Å². The molecule has 0 unspecified atom stereocenters. The van der Waals surface area contributed by atoms with Crippen LogP contribution in [-0.2, 0) is 4.79 Å². The topological polar surface area (TPSA) is 57.6 Å². The molecular formula is C15H17BrClNO3. The summed E-state index contributed by atoms with van der Waals surface area (Å²) >= 11 is 9.20. The van der Waals surface area contributed by atoms with Gasteiger partial charge in [-0.05, 0) is 53.4 Å². The molecule has 1 N–H and O–H groups in total. The molecule has 1 saturated heterocycles. The first-order valence-electron chi connectivity index (χ1n) is 6.82. The summed E-state index contributed by atoms with van der Waals surface area (Å²) in [5, 5.41) is 10.1. The lowest BCUT2D eigenvalue weighted by atomic mass is 10.0. The zero-order valence-corrected chi connectivity index (χ0v) is 14.1. The number of alkyl halides is 1. The molecule has 0 bridgehead atoms. The predicted molar refractivity (Wildman–Crippen MR) is 84.9 cm³/mol. The number of hydrogen-bond donors (Lipinski definition) is 1. The average Bonchev–Trinajstić information content (AvgIpc) is 2.43. The number of carbonyl (C=O) groups excluding carboxylic acids is 2. The van der Waals surface area contributed by atoms with Gasteiger partial charge in [-0.25, -0.2) is 0 Å². The summed E-state index contributed by atoms with van der Waals surface area (Å²) in [6.07, 6.45) is 1.28. The minimum Gasteiger partial charge on any atom is -0.506 e. The van der Waals surface area contributed by atoms with E-state index in [0.29, 0.717) is 17.6 Å². The van der Waals surface area contributed by atoms with Crippen molar-refractivity contribution in [2.75, 3.05) is 13.1 Å². The van der Waals surface area contributed by atoms with Gasteiger partial charge in [0, 0.05) is 18.5 Å². The Bertz CT molecular complexity index is 568. The first-order chi connectivity index (χ1) is 9.88. The van der Waals surface area contributed by atoms with Gasteiger partial charge in [-0.1, -0.05) is 0 Å². The molecule has 1 aromatic carbocycles. The van der Waals surface area contributed by atoms with E-state index in [0.717, 1.165) is 18.4 Å². The number of likely N-dealkylation sites (tertiary alicyclic amines) is 1. The van der Waals surface area contributed by atoms with Crippen molar-refractivity contribution in [3.63, 3.8) is 0 Å². The van der Waals surface area contributed by atoms with Crippen molar-refractivity contribution in [2.45, 2.75) is 31.6 Å². The zero-order chi connectivity index (χ0) is 15.6. The molecule has 114 valence electrons. The fourth-order valence-corrected chi connectivity index (χ4v) is 3.16. The quantitative estimate of drug-likeness (QED) is 0.502. The molecule has 0 radical (unpaired) electrons. The van der Waals surface area contributed by atoms with Gasteiger partial charge in [0.25, 0.3) is 0 Å². The third-order valence-corrected chi connectivity index (χ3v) is 4.64. The summed E-state index contributed by atoms with van der Waals surface area (Å²) in [6.45, 7) is 3.00. The summed E-state index contributed by atoms with van der Waals surface area (Å²) in [7, 11) is 0. The van der Waals surface area contributed by atoms with Crippen molar-refractivity contribution in [1.29, 1.82) is 0 Å². The van der Waals surface area contributed by atoms with Gasteiger partial charge >= 0.3 is 0 Å².